The Morgan fingerprint density at radius 3 is 2.07 bits per heavy atom. The van der Waals surface area contributed by atoms with Crippen molar-refractivity contribution in [1.82, 2.24) is 4.57 Å². The quantitative estimate of drug-likeness (QED) is 0.413. The van der Waals surface area contributed by atoms with Crippen molar-refractivity contribution < 1.29 is 4.57 Å². The number of hydrogen-bond donors (Lipinski definition) is 0. The lowest BCUT2D eigenvalue weighted by molar-refractivity contribution is -0.647. The van der Waals surface area contributed by atoms with Gasteiger partial charge in [-0.25, -0.2) is 9.13 Å². The first-order valence-corrected chi connectivity index (χ1v) is 10.9. The number of fused-ring (bicyclic) bond motifs is 2. The van der Waals surface area contributed by atoms with Crippen LogP contribution in [0, 0.1) is 0 Å². The lowest BCUT2D eigenvalue weighted by Crippen LogP contribution is -2.33. The SMILES string of the molecule is CCN1C(=Cc2n(CC)c3cc(Cl)c(Cl)cc3[n+]2C)N(C)c2cc(Cl)c(Cl)cc21. The van der Waals surface area contributed by atoms with E-state index in [9.17, 15) is 0 Å². The molecule has 29 heavy (non-hydrogen) atoms. The van der Waals surface area contributed by atoms with Crippen LogP contribution < -0.4 is 14.4 Å². The van der Waals surface area contributed by atoms with E-state index in [1.54, 1.807) is 0 Å². The van der Waals surface area contributed by atoms with E-state index >= 15 is 0 Å². The zero-order valence-electron chi connectivity index (χ0n) is 16.6. The van der Waals surface area contributed by atoms with E-state index in [1.165, 1.54) is 0 Å². The summed E-state index contributed by atoms with van der Waals surface area (Å²) in [5.74, 6) is 2.09. The van der Waals surface area contributed by atoms with Gasteiger partial charge in [0.1, 0.15) is 5.82 Å². The van der Waals surface area contributed by atoms with Crippen molar-refractivity contribution in [2.75, 3.05) is 23.4 Å². The molecule has 3 aromatic rings. The third-order valence-corrected chi connectivity index (χ3v) is 6.91. The number of hydrogen-bond acceptors (Lipinski definition) is 2. The molecule has 0 saturated carbocycles. The van der Waals surface area contributed by atoms with Crippen molar-refractivity contribution in [3.8, 4) is 0 Å². The minimum Gasteiger partial charge on any atom is -0.329 e. The van der Waals surface area contributed by atoms with Gasteiger partial charge in [0, 0.05) is 25.7 Å². The largest absolute Gasteiger partial charge is 0.329 e. The van der Waals surface area contributed by atoms with Crippen molar-refractivity contribution in [2.45, 2.75) is 20.4 Å². The maximum Gasteiger partial charge on any atom is 0.285 e. The molecule has 2 heterocycles. The molecule has 2 aromatic carbocycles. The molecule has 0 saturated heterocycles. The third kappa shape index (κ3) is 3.17. The Bertz CT molecular complexity index is 1170. The Hall–Kier alpha value is -1.59. The molecule has 0 aliphatic carbocycles. The average molecular weight is 471 g/mol. The molecule has 0 N–H and O–H groups in total. The van der Waals surface area contributed by atoms with Crippen molar-refractivity contribution in [2.24, 2.45) is 7.05 Å². The summed E-state index contributed by atoms with van der Waals surface area (Å²) in [6.07, 6.45) is 2.18. The summed E-state index contributed by atoms with van der Waals surface area (Å²) in [6, 6.07) is 7.68. The van der Waals surface area contributed by atoms with Gasteiger partial charge in [-0.05, 0) is 26.0 Å². The van der Waals surface area contributed by atoms with Gasteiger partial charge in [-0.3, -0.25) is 0 Å². The molecule has 8 heteroatoms. The van der Waals surface area contributed by atoms with E-state index in [1.807, 2.05) is 38.4 Å². The topological polar surface area (TPSA) is 15.3 Å². The molecule has 152 valence electrons. The number of benzene rings is 2. The molecule has 0 spiro atoms. The van der Waals surface area contributed by atoms with Gasteiger partial charge in [0.25, 0.3) is 5.82 Å². The van der Waals surface area contributed by atoms with E-state index < -0.39 is 0 Å². The maximum absolute atomic E-state index is 6.30. The van der Waals surface area contributed by atoms with Crippen LogP contribution >= 0.6 is 46.4 Å². The molecular formula is C21H21Cl4N4+. The molecular weight excluding hydrogens is 450 g/mol. The van der Waals surface area contributed by atoms with Crippen LogP contribution in [0.3, 0.4) is 0 Å². The van der Waals surface area contributed by atoms with Gasteiger partial charge in [-0.2, -0.15) is 0 Å². The molecule has 0 bridgehead atoms. The zero-order chi connectivity index (χ0) is 21.0. The lowest BCUT2D eigenvalue weighted by Gasteiger charge is -2.20. The summed E-state index contributed by atoms with van der Waals surface area (Å²) >= 11 is 25.2. The van der Waals surface area contributed by atoms with Gasteiger partial charge in [0.15, 0.2) is 11.0 Å². The van der Waals surface area contributed by atoms with E-state index in [2.05, 4.69) is 38.9 Å². The van der Waals surface area contributed by atoms with Crippen LogP contribution in [0.5, 0.6) is 0 Å². The number of halogens is 4. The molecule has 1 aromatic heterocycles. The molecule has 4 rings (SSSR count). The number of anilines is 2. The minimum atomic E-state index is 0.548. The highest BCUT2D eigenvalue weighted by atomic mass is 35.5. The highest BCUT2D eigenvalue weighted by Gasteiger charge is 2.31. The summed E-state index contributed by atoms with van der Waals surface area (Å²) in [4.78, 5) is 4.37. The Labute approximate surface area is 190 Å². The van der Waals surface area contributed by atoms with E-state index in [4.69, 9.17) is 46.4 Å². The van der Waals surface area contributed by atoms with Crippen molar-refractivity contribution in [3.05, 3.63) is 56.0 Å². The molecule has 1 aliphatic rings. The zero-order valence-corrected chi connectivity index (χ0v) is 19.6. The third-order valence-electron chi connectivity index (χ3n) is 5.47. The number of rotatable bonds is 3. The van der Waals surface area contributed by atoms with Crippen LogP contribution in [0.1, 0.15) is 19.7 Å². The average Bonchev–Trinajstić information content (AvgIpc) is 3.08. The van der Waals surface area contributed by atoms with Gasteiger partial charge < -0.3 is 9.80 Å². The standard InChI is InChI=1S/C21H21Cl4N4/c1-5-28-18-9-14(24)12(22)7-16(18)26(3)20(28)11-21-27(4)17-8-13(23)15(25)10-19(17)29(21)6-2/h7-11H,5-6H2,1-4H3/q+1. The number of aryl methyl sites for hydroxylation is 2. The van der Waals surface area contributed by atoms with Crippen LogP contribution in [0.15, 0.2) is 30.1 Å². The van der Waals surface area contributed by atoms with Gasteiger partial charge in [-0.1, -0.05) is 46.4 Å². The maximum atomic E-state index is 6.30. The fourth-order valence-corrected chi connectivity index (χ4v) is 4.64. The van der Waals surface area contributed by atoms with Crippen molar-refractivity contribution in [3.63, 3.8) is 0 Å². The van der Waals surface area contributed by atoms with Crippen LogP contribution in [-0.4, -0.2) is 18.2 Å². The summed E-state index contributed by atoms with van der Waals surface area (Å²) in [5.41, 5.74) is 4.15. The molecule has 0 amide bonds. The predicted octanol–water partition coefficient (Wildman–Crippen LogP) is 6.37. The molecule has 0 atom stereocenters. The number of aromatic nitrogens is 2. The fraction of sp³-hybridized carbons (Fsp3) is 0.286. The van der Waals surface area contributed by atoms with Crippen LogP contribution in [-0.2, 0) is 13.6 Å². The summed E-state index contributed by atoms with van der Waals surface area (Å²) in [5, 5.41) is 2.20. The van der Waals surface area contributed by atoms with Crippen LogP contribution in [0.2, 0.25) is 20.1 Å². The van der Waals surface area contributed by atoms with E-state index in [0.29, 0.717) is 20.1 Å². The molecule has 0 radical (unpaired) electrons. The molecule has 0 fully saturated rings. The van der Waals surface area contributed by atoms with E-state index in [0.717, 1.165) is 47.1 Å². The second kappa shape index (κ2) is 7.59. The second-order valence-electron chi connectivity index (χ2n) is 6.98. The number of imidazole rings is 1. The first-order chi connectivity index (χ1) is 13.8. The summed E-state index contributed by atoms with van der Waals surface area (Å²) in [7, 11) is 4.08. The first-order valence-electron chi connectivity index (χ1n) is 9.37. The molecule has 4 nitrogen and oxygen atoms in total. The highest BCUT2D eigenvalue weighted by Crippen LogP contribution is 2.45. The van der Waals surface area contributed by atoms with Crippen molar-refractivity contribution >= 4 is 74.9 Å². The monoisotopic (exact) mass is 469 g/mol. The number of nitrogens with zero attached hydrogens (tertiary/aromatic N) is 4. The first kappa shape index (κ1) is 20.7. The normalized spacial score (nSPS) is 15.1. The Balaban J connectivity index is 1.94. The van der Waals surface area contributed by atoms with Gasteiger partial charge in [0.05, 0.1) is 51.1 Å². The smallest absolute Gasteiger partial charge is 0.285 e. The predicted molar refractivity (Wildman–Crippen MR) is 125 cm³/mol. The second-order valence-corrected chi connectivity index (χ2v) is 8.61. The van der Waals surface area contributed by atoms with Crippen LogP contribution in [0.4, 0.5) is 11.4 Å². The highest BCUT2D eigenvalue weighted by molar-refractivity contribution is 6.43. The molecule has 0 unspecified atom stereocenters. The van der Waals surface area contributed by atoms with Gasteiger partial charge >= 0.3 is 0 Å². The summed E-state index contributed by atoms with van der Waals surface area (Å²) < 4.78 is 4.37. The van der Waals surface area contributed by atoms with Crippen molar-refractivity contribution in [1.29, 1.82) is 0 Å². The summed E-state index contributed by atoms with van der Waals surface area (Å²) in [6.45, 7) is 5.84. The minimum absolute atomic E-state index is 0.548. The molecule has 1 aliphatic heterocycles. The Morgan fingerprint density at radius 2 is 1.45 bits per heavy atom. The van der Waals surface area contributed by atoms with Crippen LogP contribution in [0.25, 0.3) is 17.1 Å². The lowest BCUT2D eigenvalue weighted by atomic mass is 10.2. The Morgan fingerprint density at radius 1 is 0.862 bits per heavy atom. The Kier molecular flexibility index (Phi) is 5.41. The fourth-order valence-electron chi connectivity index (χ4n) is 4.01. The van der Waals surface area contributed by atoms with Gasteiger partial charge in [-0.15, -0.1) is 0 Å². The van der Waals surface area contributed by atoms with Gasteiger partial charge in [0.2, 0.25) is 0 Å². The van der Waals surface area contributed by atoms with E-state index in [-0.39, 0.29) is 0 Å².